The van der Waals surface area contributed by atoms with E-state index in [9.17, 15) is 9.59 Å². The van der Waals surface area contributed by atoms with Crippen molar-refractivity contribution >= 4 is 23.5 Å². The van der Waals surface area contributed by atoms with Crippen LogP contribution in [0, 0.1) is 0 Å². The van der Waals surface area contributed by atoms with Gasteiger partial charge in [0.25, 0.3) is 0 Å². The minimum atomic E-state index is -0.861. The van der Waals surface area contributed by atoms with Crippen molar-refractivity contribution in [3.63, 3.8) is 0 Å². The van der Waals surface area contributed by atoms with Gasteiger partial charge in [0.2, 0.25) is 0 Å². The molecule has 1 aromatic rings. The normalized spacial score (nSPS) is 14.3. The molecule has 2 rings (SSSR count). The first-order valence-corrected chi connectivity index (χ1v) is 8.98. The second kappa shape index (κ2) is 9.76. The van der Waals surface area contributed by atoms with Gasteiger partial charge in [-0.1, -0.05) is 26.2 Å². The van der Waals surface area contributed by atoms with Gasteiger partial charge in [-0.3, -0.25) is 0 Å². The average Bonchev–Trinajstić information content (AvgIpc) is 2.62. The predicted molar refractivity (Wildman–Crippen MR) is 99.4 cm³/mol. The number of hydrogen-bond acceptors (Lipinski definition) is 3. The molecule has 0 atom stereocenters. The van der Waals surface area contributed by atoms with Gasteiger partial charge in [0, 0.05) is 44.1 Å². The van der Waals surface area contributed by atoms with Crippen molar-refractivity contribution in [2.24, 2.45) is 0 Å². The topological polar surface area (TPSA) is 84.9 Å². The molecule has 3 N–H and O–H groups in total. The molecule has 1 aromatic carbocycles. The summed E-state index contributed by atoms with van der Waals surface area (Å²) in [5.74, 6) is 0. The summed E-state index contributed by atoms with van der Waals surface area (Å²) in [6.45, 7) is 5.23. The van der Waals surface area contributed by atoms with Gasteiger partial charge >= 0.3 is 12.1 Å². The van der Waals surface area contributed by atoms with Crippen LogP contribution in [0.3, 0.4) is 0 Å². The lowest BCUT2D eigenvalue weighted by Gasteiger charge is -2.34. The smallest absolute Gasteiger partial charge is 0.407 e. The van der Waals surface area contributed by atoms with E-state index in [1.165, 1.54) is 17.7 Å². The summed E-state index contributed by atoms with van der Waals surface area (Å²) in [7, 11) is 0. The maximum Gasteiger partial charge on any atom is 0.407 e. The number of anilines is 2. The number of unbranched alkanes of at least 4 members (excludes halogenated alkanes) is 3. The standard InChI is InChI=1S/C18H28N4O3/c1-2-3-4-5-10-19-17(23)20-15-6-8-16(9-7-15)21-11-13-22(14-12-21)18(24)25/h6-9H,2-5,10-14H2,1H3,(H,24,25)(H2,19,20,23). The Labute approximate surface area is 149 Å². The van der Waals surface area contributed by atoms with E-state index in [0.717, 1.165) is 24.2 Å². The van der Waals surface area contributed by atoms with Crippen molar-refractivity contribution in [1.82, 2.24) is 10.2 Å². The van der Waals surface area contributed by atoms with Gasteiger partial charge in [-0.25, -0.2) is 9.59 Å². The van der Waals surface area contributed by atoms with Crippen molar-refractivity contribution in [2.75, 3.05) is 42.9 Å². The molecule has 138 valence electrons. The summed E-state index contributed by atoms with van der Waals surface area (Å²) >= 11 is 0. The Morgan fingerprint density at radius 2 is 1.72 bits per heavy atom. The average molecular weight is 348 g/mol. The molecular weight excluding hydrogens is 320 g/mol. The summed E-state index contributed by atoms with van der Waals surface area (Å²) in [5.41, 5.74) is 1.79. The van der Waals surface area contributed by atoms with E-state index in [1.54, 1.807) is 0 Å². The van der Waals surface area contributed by atoms with Gasteiger partial charge in [-0.2, -0.15) is 0 Å². The third-order valence-corrected chi connectivity index (χ3v) is 4.36. The highest BCUT2D eigenvalue weighted by molar-refractivity contribution is 5.89. The number of piperazine rings is 1. The van der Waals surface area contributed by atoms with Crippen molar-refractivity contribution in [1.29, 1.82) is 0 Å². The van der Waals surface area contributed by atoms with Crippen LogP contribution in [0.2, 0.25) is 0 Å². The van der Waals surface area contributed by atoms with E-state index in [0.29, 0.717) is 32.7 Å². The minimum absolute atomic E-state index is 0.181. The molecule has 0 bridgehead atoms. The summed E-state index contributed by atoms with van der Waals surface area (Å²) in [6, 6.07) is 7.46. The van der Waals surface area contributed by atoms with Crippen LogP contribution in [0.4, 0.5) is 21.0 Å². The fraction of sp³-hybridized carbons (Fsp3) is 0.556. The van der Waals surface area contributed by atoms with E-state index >= 15 is 0 Å². The Morgan fingerprint density at radius 1 is 1.04 bits per heavy atom. The molecule has 1 aliphatic rings. The zero-order valence-corrected chi connectivity index (χ0v) is 14.8. The monoisotopic (exact) mass is 348 g/mol. The molecule has 7 nitrogen and oxygen atoms in total. The predicted octanol–water partition coefficient (Wildman–Crippen LogP) is 3.19. The van der Waals surface area contributed by atoms with Crippen LogP contribution in [0.1, 0.15) is 32.6 Å². The fourth-order valence-corrected chi connectivity index (χ4v) is 2.84. The van der Waals surface area contributed by atoms with E-state index in [-0.39, 0.29) is 6.03 Å². The highest BCUT2D eigenvalue weighted by atomic mass is 16.4. The zero-order valence-electron chi connectivity index (χ0n) is 14.8. The van der Waals surface area contributed by atoms with Crippen LogP contribution in [0.15, 0.2) is 24.3 Å². The molecule has 0 aliphatic carbocycles. The lowest BCUT2D eigenvalue weighted by Crippen LogP contribution is -2.48. The van der Waals surface area contributed by atoms with E-state index in [1.807, 2.05) is 24.3 Å². The summed E-state index contributed by atoms with van der Waals surface area (Å²) < 4.78 is 0. The van der Waals surface area contributed by atoms with Crippen LogP contribution >= 0.6 is 0 Å². The van der Waals surface area contributed by atoms with Crippen LogP contribution < -0.4 is 15.5 Å². The van der Waals surface area contributed by atoms with Crippen LogP contribution in [0.5, 0.6) is 0 Å². The lowest BCUT2D eigenvalue weighted by molar-refractivity contribution is 0.142. The Hall–Kier alpha value is -2.44. The maximum atomic E-state index is 11.8. The van der Waals surface area contributed by atoms with Crippen molar-refractivity contribution < 1.29 is 14.7 Å². The molecular formula is C18H28N4O3. The highest BCUT2D eigenvalue weighted by Crippen LogP contribution is 2.19. The van der Waals surface area contributed by atoms with Crippen molar-refractivity contribution in [3.8, 4) is 0 Å². The zero-order chi connectivity index (χ0) is 18.1. The Bertz CT molecular complexity index is 554. The number of nitrogens with one attached hydrogen (secondary N) is 2. The number of carbonyl (C=O) groups excluding carboxylic acids is 1. The number of benzene rings is 1. The molecule has 1 aliphatic heterocycles. The first kappa shape index (κ1) is 18.9. The highest BCUT2D eigenvalue weighted by Gasteiger charge is 2.20. The number of amides is 3. The number of rotatable bonds is 7. The molecule has 0 saturated carbocycles. The summed E-state index contributed by atoms with van der Waals surface area (Å²) in [6.07, 6.45) is 3.67. The molecule has 3 amide bonds. The van der Waals surface area contributed by atoms with Crippen LogP contribution in [-0.4, -0.2) is 54.9 Å². The number of urea groups is 1. The Morgan fingerprint density at radius 3 is 2.32 bits per heavy atom. The van der Waals surface area contributed by atoms with Gasteiger partial charge in [0.1, 0.15) is 0 Å². The molecule has 0 radical (unpaired) electrons. The third-order valence-electron chi connectivity index (χ3n) is 4.36. The second-order valence-corrected chi connectivity index (χ2v) is 6.25. The van der Waals surface area contributed by atoms with Crippen molar-refractivity contribution in [3.05, 3.63) is 24.3 Å². The Kier molecular flexibility index (Phi) is 7.37. The first-order chi connectivity index (χ1) is 12.1. The second-order valence-electron chi connectivity index (χ2n) is 6.25. The molecule has 7 heteroatoms. The summed E-state index contributed by atoms with van der Waals surface area (Å²) in [4.78, 5) is 26.3. The maximum absolute atomic E-state index is 11.8. The molecule has 0 spiro atoms. The molecule has 0 unspecified atom stereocenters. The number of carbonyl (C=O) groups is 2. The lowest BCUT2D eigenvalue weighted by atomic mass is 10.2. The van der Waals surface area contributed by atoms with Gasteiger partial charge in [-0.15, -0.1) is 0 Å². The third kappa shape index (κ3) is 6.17. The Balaban J connectivity index is 1.74. The van der Waals surface area contributed by atoms with Crippen LogP contribution in [-0.2, 0) is 0 Å². The molecule has 1 fully saturated rings. The quantitative estimate of drug-likeness (QED) is 0.661. The number of carboxylic acid groups (broad SMARTS) is 1. The van der Waals surface area contributed by atoms with Gasteiger partial charge in [0.05, 0.1) is 0 Å². The largest absolute Gasteiger partial charge is 0.465 e. The van der Waals surface area contributed by atoms with Gasteiger partial charge in [-0.05, 0) is 30.7 Å². The van der Waals surface area contributed by atoms with E-state index in [4.69, 9.17) is 5.11 Å². The molecule has 25 heavy (non-hydrogen) atoms. The molecule has 1 heterocycles. The summed E-state index contributed by atoms with van der Waals surface area (Å²) in [5, 5.41) is 14.7. The van der Waals surface area contributed by atoms with Gasteiger partial charge < -0.3 is 25.5 Å². The van der Waals surface area contributed by atoms with Crippen LogP contribution in [0.25, 0.3) is 0 Å². The van der Waals surface area contributed by atoms with E-state index in [2.05, 4.69) is 22.5 Å². The molecule has 1 saturated heterocycles. The van der Waals surface area contributed by atoms with Crippen molar-refractivity contribution in [2.45, 2.75) is 32.6 Å². The molecule has 0 aromatic heterocycles. The SMILES string of the molecule is CCCCCCNC(=O)Nc1ccc(N2CCN(C(=O)O)CC2)cc1. The number of hydrogen-bond donors (Lipinski definition) is 3. The van der Waals surface area contributed by atoms with E-state index < -0.39 is 6.09 Å². The fourth-order valence-electron chi connectivity index (χ4n) is 2.84. The number of nitrogens with zero attached hydrogens (tertiary/aromatic N) is 2. The van der Waals surface area contributed by atoms with Gasteiger partial charge in [0.15, 0.2) is 0 Å². The minimum Gasteiger partial charge on any atom is -0.465 e. The first-order valence-electron chi connectivity index (χ1n) is 8.98.